The van der Waals surface area contributed by atoms with Gasteiger partial charge in [0.25, 0.3) is 0 Å². The molecule has 1 spiro atoms. The van der Waals surface area contributed by atoms with E-state index >= 15 is 0 Å². The van der Waals surface area contributed by atoms with Crippen molar-refractivity contribution < 1.29 is 9.21 Å². The summed E-state index contributed by atoms with van der Waals surface area (Å²) in [5.74, 6) is 2.15. The van der Waals surface area contributed by atoms with Crippen LogP contribution in [0, 0.1) is 6.92 Å². The van der Waals surface area contributed by atoms with Crippen LogP contribution in [0.5, 0.6) is 0 Å². The highest BCUT2D eigenvalue weighted by atomic mass is 16.3. The molecule has 0 N–H and O–H groups in total. The second kappa shape index (κ2) is 7.72. The van der Waals surface area contributed by atoms with Gasteiger partial charge in [-0.25, -0.2) is 0 Å². The number of hydrogen-bond donors (Lipinski definition) is 0. The summed E-state index contributed by atoms with van der Waals surface area (Å²) in [5.41, 5.74) is 2.55. The normalized spacial score (nSPS) is 24.7. The minimum absolute atomic E-state index is 0.106. The summed E-state index contributed by atoms with van der Waals surface area (Å²) in [5, 5.41) is 0. The zero-order chi connectivity index (χ0) is 19.7. The number of piperazine rings is 1. The molecule has 2 aromatic rings. The first kappa shape index (κ1) is 19.2. The fourth-order valence-electron chi connectivity index (χ4n) is 4.65. The minimum Gasteiger partial charge on any atom is -0.461 e. The summed E-state index contributed by atoms with van der Waals surface area (Å²) in [6.07, 6.45) is 2.66. The van der Waals surface area contributed by atoms with Gasteiger partial charge in [0.15, 0.2) is 0 Å². The van der Waals surface area contributed by atoms with Crippen LogP contribution in [0.15, 0.2) is 40.8 Å². The number of rotatable bonds is 3. The third-order valence-electron chi connectivity index (χ3n) is 6.58. The molecule has 0 saturated carbocycles. The minimum atomic E-state index is 0.106. The molecule has 4 rings (SSSR count). The molecule has 0 unspecified atom stereocenters. The number of likely N-dealkylation sites (tertiary alicyclic amines) is 1. The Hall–Kier alpha value is -2.11. The average Bonchev–Trinajstić information content (AvgIpc) is 3.07. The first-order chi connectivity index (χ1) is 13.4. The number of aryl methyl sites for hydroxylation is 1. The maximum absolute atomic E-state index is 12.2. The van der Waals surface area contributed by atoms with Crippen molar-refractivity contribution in [1.29, 1.82) is 0 Å². The molecular weight excluding hydrogens is 350 g/mol. The molecule has 5 nitrogen and oxygen atoms in total. The average molecular weight is 382 g/mol. The molecule has 3 heterocycles. The molecule has 2 aliphatic heterocycles. The number of furan rings is 1. The lowest BCUT2D eigenvalue weighted by Crippen LogP contribution is -2.60. The lowest BCUT2D eigenvalue weighted by atomic mass is 9.86. The van der Waals surface area contributed by atoms with E-state index in [2.05, 4.69) is 41.1 Å². The Balaban J connectivity index is 1.49. The van der Waals surface area contributed by atoms with Crippen molar-refractivity contribution in [2.75, 3.05) is 40.3 Å². The van der Waals surface area contributed by atoms with Gasteiger partial charge >= 0.3 is 0 Å². The van der Waals surface area contributed by atoms with Gasteiger partial charge in [0.05, 0.1) is 0 Å². The highest BCUT2D eigenvalue weighted by molar-refractivity contribution is 5.76. The van der Waals surface area contributed by atoms with E-state index < -0.39 is 0 Å². The first-order valence-corrected chi connectivity index (χ1v) is 10.3. The third-order valence-corrected chi connectivity index (χ3v) is 6.58. The Morgan fingerprint density at radius 3 is 2.71 bits per heavy atom. The predicted octanol–water partition coefficient (Wildman–Crippen LogP) is 3.38. The number of carbonyl (C=O) groups excluding carboxylic acids is 1. The van der Waals surface area contributed by atoms with Gasteiger partial charge in [-0.2, -0.15) is 0 Å². The van der Waals surface area contributed by atoms with E-state index in [-0.39, 0.29) is 11.4 Å². The van der Waals surface area contributed by atoms with Crippen molar-refractivity contribution in [3.05, 3.63) is 47.7 Å². The van der Waals surface area contributed by atoms with Crippen molar-refractivity contribution in [3.8, 4) is 11.3 Å². The van der Waals surface area contributed by atoms with Crippen LogP contribution in [0.25, 0.3) is 11.3 Å². The fraction of sp³-hybridized carbons (Fsp3) is 0.522. The van der Waals surface area contributed by atoms with E-state index in [0.717, 1.165) is 62.6 Å². The second-order valence-electron chi connectivity index (χ2n) is 8.53. The molecule has 1 aromatic heterocycles. The smallest absolute Gasteiger partial charge is 0.222 e. The topological polar surface area (TPSA) is 39.9 Å². The van der Waals surface area contributed by atoms with Crippen LogP contribution < -0.4 is 0 Å². The van der Waals surface area contributed by atoms with Crippen molar-refractivity contribution in [3.63, 3.8) is 0 Å². The number of hydrogen-bond acceptors (Lipinski definition) is 4. The molecule has 2 aliphatic rings. The van der Waals surface area contributed by atoms with Gasteiger partial charge in [0, 0.05) is 57.3 Å². The number of nitrogens with zero attached hydrogens (tertiary/aromatic N) is 3. The summed E-state index contributed by atoms with van der Waals surface area (Å²) in [4.78, 5) is 19.1. The number of amides is 1. The SMILES string of the molecule is Cc1ccc(-c2cccc(CN3CCN(C)[C@@]4(CCC(=O)N(C)CC4)C3)c2)o1. The Morgan fingerprint density at radius 2 is 1.93 bits per heavy atom. The molecule has 1 aromatic carbocycles. The molecule has 1 atom stereocenters. The molecule has 0 bridgehead atoms. The van der Waals surface area contributed by atoms with Gasteiger partial charge in [-0.15, -0.1) is 0 Å². The summed E-state index contributed by atoms with van der Waals surface area (Å²) in [6, 6.07) is 12.7. The van der Waals surface area contributed by atoms with Crippen LogP contribution in [0.2, 0.25) is 0 Å². The molecule has 0 radical (unpaired) electrons. The zero-order valence-electron chi connectivity index (χ0n) is 17.3. The fourth-order valence-corrected chi connectivity index (χ4v) is 4.65. The number of carbonyl (C=O) groups is 1. The second-order valence-corrected chi connectivity index (χ2v) is 8.53. The van der Waals surface area contributed by atoms with E-state index in [9.17, 15) is 4.79 Å². The molecule has 1 amide bonds. The van der Waals surface area contributed by atoms with E-state index in [4.69, 9.17) is 4.42 Å². The third kappa shape index (κ3) is 3.87. The van der Waals surface area contributed by atoms with Crippen LogP contribution in [0.1, 0.15) is 30.6 Å². The van der Waals surface area contributed by atoms with Gasteiger partial charge in [-0.05, 0) is 50.6 Å². The maximum atomic E-state index is 12.2. The van der Waals surface area contributed by atoms with Crippen LogP contribution in [0.4, 0.5) is 0 Å². The molecule has 5 heteroatoms. The van der Waals surface area contributed by atoms with E-state index in [1.807, 2.05) is 31.0 Å². The molecule has 0 aliphatic carbocycles. The van der Waals surface area contributed by atoms with Crippen LogP contribution >= 0.6 is 0 Å². The maximum Gasteiger partial charge on any atom is 0.222 e. The zero-order valence-corrected chi connectivity index (χ0v) is 17.3. The van der Waals surface area contributed by atoms with Gasteiger partial charge in [-0.3, -0.25) is 14.6 Å². The summed E-state index contributed by atoms with van der Waals surface area (Å²) in [7, 11) is 4.16. The Morgan fingerprint density at radius 1 is 1.07 bits per heavy atom. The van der Waals surface area contributed by atoms with Gasteiger partial charge in [-0.1, -0.05) is 18.2 Å². The van der Waals surface area contributed by atoms with Crippen LogP contribution in [-0.2, 0) is 11.3 Å². The molecule has 2 saturated heterocycles. The predicted molar refractivity (Wildman–Crippen MR) is 111 cm³/mol. The number of likely N-dealkylation sites (N-methyl/N-ethyl adjacent to an activating group) is 1. The van der Waals surface area contributed by atoms with Crippen LogP contribution in [-0.4, -0.2) is 66.4 Å². The van der Waals surface area contributed by atoms with Gasteiger partial charge in [0.1, 0.15) is 11.5 Å². The highest BCUT2D eigenvalue weighted by Crippen LogP contribution is 2.32. The first-order valence-electron chi connectivity index (χ1n) is 10.3. The summed E-state index contributed by atoms with van der Waals surface area (Å²) >= 11 is 0. The standard InChI is InChI=1S/C23H31N3O2/c1-18-7-8-21(28-18)20-6-4-5-19(15-20)16-26-14-13-25(3)23(17-26)10-9-22(27)24(2)12-11-23/h4-8,15H,9-14,16-17H2,1-3H3/t23-/m1/s1. The van der Waals surface area contributed by atoms with Crippen molar-refractivity contribution in [1.82, 2.24) is 14.7 Å². The molecule has 150 valence electrons. The monoisotopic (exact) mass is 381 g/mol. The van der Waals surface area contributed by atoms with E-state index in [1.54, 1.807) is 0 Å². The Kier molecular flexibility index (Phi) is 5.30. The molecular formula is C23H31N3O2. The van der Waals surface area contributed by atoms with Crippen molar-refractivity contribution >= 4 is 5.91 Å². The quantitative estimate of drug-likeness (QED) is 0.817. The van der Waals surface area contributed by atoms with E-state index in [1.165, 1.54) is 5.56 Å². The van der Waals surface area contributed by atoms with Gasteiger partial charge < -0.3 is 9.32 Å². The van der Waals surface area contributed by atoms with Crippen LogP contribution in [0.3, 0.4) is 0 Å². The molecule has 28 heavy (non-hydrogen) atoms. The largest absolute Gasteiger partial charge is 0.461 e. The highest BCUT2D eigenvalue weighted by Gasteiger charge is 2.41. The Labute approximate surface area is 167 Å². The van der Waals surface area contributed by atoms with E-state index in [0.29, 0.717) is 6.42 Å². The number of benzene rings is 1. The van der Waals surface area contributed by atoms with Crippen molar-refractivity contribution in [2.45, 2.75) is 38.3 Å². The van der Waals surface area contributed by atoms with Crippen molar-refractivity contribution in [2.24, 2.45) is 0 Å². The Bertz CT molecular complexity index is 846. The summed E-state index contributed by atoms with van der Waals surface area (Å²) < 4.78 is 5.80. The molecule has 2 fully saturated rings. The lowest BCUT2D eigenvalue weighted by molar-refractivity contribution is -0.129. The van der Waals surface area contributed by atoms with Gasteiger partial charge in [0.2, 0.25) is 5.91 Å². The summed E-state index contributed by atoms with van der Waals surface area (Å²) in [6.45, 7) is 6.90. The lowest BCUT2D eigenvalue weighted by Gasteiger charge is -2.49.